The highest BCUT2D eigenvalue weighted by Crippen LogP contribution is 2.41. The zero-order valence-electron chi connectivity index (χ0n) is 38.6. The monoisotopic (exact) mass is 921 g/mol. The second-order valence-electron chi connectivity index (χ2n) is 18.8. The van der Waals surface area contributed by atoms with E-state index in [0.717, 1.165) is 55.6 Å². The summed E-state index contributed by atoms with van der Waals surface area (Å²) in [5.74, 6) is 0. The lowest BCUT2D eigenvalue weighted by molar-refractivity contribution is 0.668. The van der Waals surface area contributed by atoms with E-state index in [4.69, 9.17) is 4.42 Å². The molecule has 0 saturated heterocycles. The van der Waals surface area contributed by atoms with Gasteiger partial charge in [-0.25, -0.2) is 0 Å². The van der Waals surface area contributed by atoms with Gasteiger partial charge in [0.2, 0.25) is 0 Å². The van der Waals surface area contributed by atoms with Crippen molar-refractivity contribution in [3.8, 4) is 17.1 Å². The molecule has 0 aliphatic rings. The fourth-order valence-electron chi connectivity index (χ4n) is 12.3. The van der Waals surface area contributed by atoms with Crippen molar-refractivity contribution in [1.29, 1.82) is 0 Å². The summed E-state index contributed by atoms with van der Waals surface area (Å²) in [6.07, 6.45) is 0. The van der Waals surface area contributed by atoms with Crippen molar-refractivity contribution < 1.29 is 4.42 Å². The SMILES string of the molecule is c1ccc([Si](c2ccccc2)(c2cccc(-n3c4ccccc4c4ccccc43)c2)c2cccc3c2c2ccccc2n3-c2cccc3c4ccccc4n(-c4ccc5c(c4)oc4ccccc45)c23)cc1. The van der Waals surface area contributed by atoms with E-state index in [0.29, 0.717) is 0 Å². The van der Waals surface area contributed by atoms with Gasteiger partial charge in [-0.1, -0.05) is 188 Å². The second-order valence-corrected chi connectivity index (χ2v) is 22.5. The molecule has 332 valence electrons. The topological polar surface area (TPSA) is 27.9 Å². The molecular formula is C66H43N3OSi. The first-order chi connectivity index (χ1) is 35.3. The molecule has 0 fully saturated rings. The summed E-state index contributed by atoms with van der Waals surface area (Å²) in [5.41, 5.74) is 12.1. The van der Waals surface area contributed by atoms with Gasteiger partial charge in [-0.05, 0) is 87.5 Å². The fourth-order valence-corrected chi connectivity index (χ4v) is 17.3. The van der Waals surface area contributed by atoms with Crippen LogP contribution in [0.25, 0.3) is 104 Å². The zero-order chi connectivity index (χ0) is 46.6. The molecule has 4 nitrogen and oxygen atoms in total. The maximum absolute atomic E-state index is 6.54. The molecule has 0 aliphatic carbocycles. The van der Waals surface area contributed by atoms with Gasteiger partial charge in [-0.2, -0.15) is 0 Å². The molecule has 71 heavy (non-hydrogen) atoms. The van der Waals surface area contributed by atoms with Crippen molar-refractivity contribution in [2.45, 2.75) is 0 Å². The maximum Gasteiger partial charge on any atom is 0.180 e. The molecule has 4 aromatic heterocycles. The lowest BCUT2D eigenvalue weighted by Crippen LogP contribution is -2.74. The van der Waals surface area contributed by atoms with E-state index in [2.05, 4.69) is 268 Å². The molecule has 0 aliphatic heterocycles. The fraction of sp³-hybridized carbons (Fsp3) is 0. The maximum atomic E-state index is 6.54. The van der Waals surface area contributed by atoms with Crippen LogP contribution in [0.5, 0.6) is 0 Å². The van der Waals surface area contributed by atoms with Crippen molar-refractivity contribution in [3.63, 3.8) is 0 Å². The number of para-hydroxylation sites is 6. The van der Waals surface area contributed by atoms with E-state index >= 15 is 0 Å². The largest absolute Gasteiger partial charge is 0.456 e. The van der Waals surface area contributed by atoms with Crippen molar-refractivity contribution in [3.05, 3.63) is 261 Å². The average molecular weight is 922 g/mol. The molecule has 15 rings (SSSR count). The Morgan fingerprint density at radius 3 is 1.45 bits per heavy atom. The van der Waals surface area contributed by atoms with Gasteiger partial charge in [0.25, 0.3) is 0 Å². The van der Waals surface area contributed by atoms with Gasteiger partial charge < -0.3 is 18.1 Å². The smallest absolute Gasteiger partial charge is 0.180 e. The first-order valence-corrected chi connectivity index (χ1v) is 26.4. The summed E-state index contributed by atoms with van der Waals surface area (Å²) in [6, 6.07) is 96.6. The van der Waals surface area contributed by atoms with Crippen LogP contribution in [0.2, 0.25) is 0 Å². The third kappa shape index (κ3) is 5.66. The lowest BCUT2D eigenvalue weighted by atomic mass is 10.1. The number of hydrogen-bond donors (Lipinski definition) is 0. The van der Waals surface area contributed by atoms with Crippen molar-refractivity contribution in [2.75, 3.05) is 0 Å². The van der Waals surface area contributed by atoms with Crippen molar-refractivity contribution in [1.82, 2.24) is 13.7 Å². The van der Waals surface area contributed by atoms with E-state index in [1.54, 1.807) is 0 Å². The highest BCUT2D eigenvalue weighted by Gasteiger charge is 2.43. The van der Waals surface area contributed by atoms with Crippen LogP contribution in [0.3, 0.4) is 0 Å². The highest BCUT2D eigenvalue weighted by molar-refractivity contribution is 7.20. The molecule has 0 atom stereocenters. The molecule has 0 radical (unpaired) electrons. The van der Waals surface area contributed by atoms with Crippen LogP contribution in [0, 0.1) is 0 Å². The van der Waals surface area contributed by atoms with Gasteiger partial charge in [0.15, 0.2) is 8.07 Å². The molecule has 0 bridgehead atoms. The molecular weight excluding hydrogens is 879 g/mol. The molecule has 0 unspecified atom stereocenters. The summed E-state index contributed by atoms with van der Waals surface area (Å²) in [4.78, 5) is 0. The van der Waals surface area contributed by atoms with Gasteiger partial charge in [-0.15, -0.1) is 0 Å². The molecule has 0 N–H and O–H groups in total. The summed E-state index contributed by atoms with van der Waals surface area (Å²) < 4.78 is 14.0. The number of aromatic nitrogens is 3. The standard InChI is InChI=1S/C66H43N3OSi/c1-3-21-46(22-4-1)71(47-23-5-2-6-24-47,48-25-17-20-44(42-48)67-56-32-12-7-26-49(56)50-27-8-13-33-57(50)67)64-39-19-36-60-65(64)55-30-10-15-35-59(55)69(60)61-37-18-31-54-51-28-9-14-34-58(51)68(66(54)61)45-40-41-53-52-29-11-16-38-62(52)70-63(53)43-45/h1-43H. The molecule has 0 amide bonds. The Kier molecular flexibility index (Phi) is 8.64. The summed E-state index contributed by atoms with van der Waals surface area (Å²) in [7, 11) is -3.17. The lowest BCUT2D eigenvalue weighted by Gasteiger charge is -2.35. The van der Waals surface area contributed by atoms with Gasteiger partial charge >= 0.3 is 0 Å². The summed E-state index contributed by atoms with van der Waals surface area (Å²) >= 11 is 0. The van der Waals surface area contributed by atoms with Crippen LogP contribution in [0.4, 0.5) is 0 Å². The average Bonchev–Trinajstić information content (AvgIpc) is 4.19. The highest BCUT2D eigenvalue weighted by atomic mass is 28.3. The Bertz CT molecular complexity index is 4500. The number of nitrogens with zero attached hydrogens (tertiary/aromatic N) is 3. The number of benzene rings is 11. The third-order valence-corrected chi connectivity index (χ3v) is 20.0. The van der Waals surface area contributed by atoms with Crippen LogP contribution in [0.15, 0.2) is 265 Å². The first-order valence-electron chi connectivity index (χ1n) is 24.4. The summed E-state index contributed by atoms with van der Waals surface area (Å²) in [6.45, 7) is 0. The molecule has 11 aromatic carbocycles. The van der Waals surface area contributed by atoms with Gasteiger partial charge in [-0.3, -0.25) is 0 Å². The second kappa shape index (κ2) is 15.4. The minimum atomic E-state index is -3.17. The first kappa shape index (κ1) is 39.8. The van der Waals surface area contributed by atoms with Crippen LogP contribution in [-0.4, -0.2) is 21.8 Å². The Balaban J connectivity index is 1.05. The van der Waals surface area contributed by atoms with E-state index in [1.165, 1.54) is 69.6 Å². The number of furan rings is 1. The van der Waals surface area contributed by atoms with E-state index in [1.807, 2.05) is 6.07 Å². The molecule has 15 aromatic rings. The molecule has 4 heterocycles. The van der Waals surface area contributed by atoms with E-state index in [-0.39, 0.29) is 0 Å². The third-order valence-electron chi connectivity index (χ3n) is 15.2. The normalized spacial score (nSPS) is 12.2. The number of fused-ring (bicyclic) bond motifs is 12. The quantitative estimate of drug-likeness (QED) is 0.116. The summed E-state index contributed by atoms with van der Waals surface area (Å²) in [5, 5.41) is 15.0. The van der Waals surface area contributed by atoms with E-state index < -0.39 is 8.07 Å². The zero-order valence-corrected chi connectivity index (χ0v) is 39.6. The van der Waals surface area contributed by atoms with Gasteiger partial charge in [0, 0.05) is 54.8 Å². The Hall–Kier alpha value is -9.16. The molecule has 5 heteroatoms. The van der Waals surface area contributed by atoms with Crippen LogP contribution >= 0.6 is 0 Å². The van der Waals surface area contributed by atoms with Gasteiger partial charge in [0.1, 0.15) is 11.2 Å². The minimum absolute atomic E-state index is 0.874. The molecule has 0 spiro atoms. The Morgan fingerprint density at radius 2 is 0.761 bits per heavy atom. The van der Waals surface area contributed by atoms with Crippen molar-refractivity contribution in [2.24, 2.45) is 0 Å². The Labute approximate surface area is 410 Å². The predicted molar refractivity (Wildman–Crippen MR) is 300 cm³/mol. The van der Waals surface area contributed by atoms with Crippen LogP contribution in [-0.2, 0) is 0 Å². The minimum Gasteiger partial charge on any atom is -0.456 e. The molecule has 0 saturated carbocycles. The van der Waals surface area contributed by atoms with Gasteiger partial charge in [0.05, 0.1) is 44.5 Å². The predicted octanol–water partition coefficient (Wildman–Crippen LogP) is 14.3. The van der Waals surface area contributed by atoms with Crippen LogP contribution in [0.1, 0.15) is 0 Å². The van der Waals surface area contributed by atoms with Crippen LogP contribution < -0.4 is 20.7 Å². The van der Waals surface area contributed by atoms with E-state index in [9.17, 15) is 0 Å². The Morgan fingerprint density at radius 1 is 0.282 bits per heavy atom. The number of hydrogen-bond acceptors (Lipinski definition) is 1. The van der Waals surface area contributed by atoms with Crippen molar-refractivity contribution >= 4 is 116 Å². The number of rotatable bonds is 7.